The maximum atomic E-state index is 12.9. The Bertz CT molecular complexity index is 536. The minimum atomic E-state index is -0.345. The summed E-state index contributed by atoms with van der Waals surface area (Å²) in [6, 6.07) is 4.13. The van der Waals surface area contributed by atoms with E-state index in [9.17, 15) is 4.39 Å². The molecule has 0 aliphatic carbocycles. The van der Waals surface area contributed by atoms with Gasteiger partial charge in [0.1, 0.15) is 17.3 Å². The van der Waals surface area contributed by atoms with Crippen molar-refractivity contribution in [3.8, 4) is 11.6 Å². The Morgan fingerprint density at radius 1 is 1.29 bits per heavy atom. The summed E-state index contributed by atoms with van der Waals surface area (Å²) in [6.45, 7) is 0.224. The van der Waals surface area contributed by atoms with E-state index >= 15 is 0 Å². The number of halogens is 2. The molecule has 0 spiro atoms. The highest BCUT2D eigenvalue weighted by molar-refractivity contribution is 9.10. The van der Waals surface area contributed by atoms with Gasteiger partial charge >= 0.3 is 0 Å². The number of ether oxygens (including phenoxy) is 1. The van der Waals surface area contributed by atoms with Crippen LogP contribution in [0.3, 0.4) is 0 Å². The van der Waals surface area contributed by atoms with Crippen LogP contribution in [-0.4, -0.2) is 9.97 Å². The first-order chi connectivity index (χ1) is 8.20. The topological polar surface area (TPSA) is 61.0 Å². The van der Waals surface area contributed by atoms with Gasteiger partial charge in [0.15, 0.2) is 0 Å². The second-order valence-electron chi connectivity index (χ2n) is 3.19. The van der Waals surface area contributed by atoms with E-state index < -0.39 is 0 Å². The van der Waals surface area contributed by atoms with Crippen LogP contribution in [0, 0.1) is 5.82 Å². The van der Waals surface area contributed by atoms with Gasteiger partial charge in [0.2, 0.25) is 5.88 Å². The van der Waals surface area contributed by atoms with Crippen LogP contribution in [0.15, 0.2) is 35.1 Å². The molecular formula is C11H9BrFN3O. The van der Waals surface area contributed by atoms with Crippen LogP contribution in [-0.2, 0) is 6.54 Å². The first-order valence-corrected chi connectivity index (χ1v) is 5.63. The SMILES string of the molecule is NCc1nccnc1Oc1ccc(F)cc1Br. The van der Waals surface area contributed by atoms with Gasteiger partial charge in [-0.25, -0.2) is 9.37 Å². The Balaban J connectivity index is 2.31. The third kappa shape index (κ3) is 2.78. The van der Waals surface area contributed by atoms with Gasteiger partial charge in [-0.2, -0.15) is 0 Å². The summed E-state index contributed by atoms with van der Waals surface area (Å²) in [4.78, 5) is 8.07. The quantitative estimate of drug-likeness (QED) is 0.946. The molecule has 0 aliphatic heterocycles. The minimum absolute atomic E-state index is 0.224. The van der Waals surface area contributed by atoms with Gasteiger partial charge in [-0.3, -0.25) is 4.98 Å². The molecule has 17 heavy (non-hydrogen) atoms. The van der Waals surface area contributed by atoms with Gasteiger partial charge in [-0.15, -0.1) is 0 Å². The molecule has 0 radical (unpaired) electrons. The number of hydrogen-bond donors (Lipinski definition) is 1. The third-order valence-electron chi connectivity index (χ3n) is 2.03. The average molecular weight is 298 g/mol. The predicted octanol–water partition coefficient (Wildman–Crippen LogP) is 2.63. The fourth-order valence-corrected chi connectivity index (χ4v) is 1.67. The van der Waals surface area contributed by atoms with E-state index in [4.69, 9.17) is 10.5 Å². The van der Waals surface area contributed by atoms with E-state index in [2.05, 4.69) is 25.9 Å². The van der Waals surface area contributed by atoms with Gasteiger partial charge in [0, 0.05) is 18.9 Å². The predicted molar refractivity (Wildman–Crippen MR) is 64.1 cm³/mol. The lowest BCUT2D eigenvalue weighted by atomic mass is 10.3. The number of hydrogen-bond acceptors (Lipinski definition) is 4. The molecule has 1 aromatic carbocycles. The normalized spacial score (nSPS) is 10.3. The smallest absolute Gasteiger partial charge is 0.242 e. The van der Waals surface area contributed by atoms with Crippen molar-refractivity contribution >= 4 is 15.9 Å². The van der Waals surface area contributed by atoms with Gasteiger partial charge in [-0.05, 0) is 34.1 Å². The monoisotopic (exact) mass is 297 g/mol. The lowest BCUT2D eigenvalue weighted by Gasteiger charge is -2.08. The van der Waals surface area contributed by atoms with Crippen LogP contribution in [0.1, 0.15) is 5.69 Å². The lowest BCUT2D eigenvalue weighted by molar-refractivity contribution is 0.448. The molecule has 0 amide bonds. The van der Waals surface area contributed by atoms with Gasteiger partial charge in [-0.1, -0.05) is 0 Å². The molecule has 1 aromatic heterocycles. The van der Waals surface area contributed by atoms with E-state index in [-0.39, 0.29) is 12.4 Å². The molecule has 0 unspecified atom stereocenters. The van der Waals surface area contributed by atoms with Crippen LogP contribution in [0.4, 0.5) is 4.39 Å². The fraction of sp³-hybridized carbons (Fsp3) is 0.0909. The zero-order valence-corrected chi connectivity index (χ0v) is 10.3. The molecule has 2 N–H and O–H groups in total. The van der Waals surface area contributed by atoms with E-state index in [0.29, 0.717) is 21.8 Å². The highest BCUT2D eigenvalue weighted by atomic mass is 79.9. The summed E-state index contributed by atoms with van der Waals surface area (Å²) < 4.78 is 18.9. The summed E-state index contributed by atoms with van der Waals surface area (Å²) in [7, 11) is 0. The molecule has 6 heteroatoms. The van der Waals surface area contributed by atoms with E-state index in [1.165, 1.54) is 30.6 Å². The zero-order chi connectivity index (χ0) is 12.3. The van der Waals surface area contributed by atoms with Crippen molar-refractivity contribution in [2.24, 2.45) is 5.73 Å². The van der Waals surface area contributed by atoms with Crippen LogP contribution in [0.2, 0.25) is 0 Å². The first-order valence-electron chi connectivity index (χ1n) is 4.83. The number of benzene rings is 1. The third-order valence-corrected chi connectivity index (χ3v) is 2.65. The van der Waals surface area contributed by atoms with Crippen molar-refractivity contribution < 1.29 is 9.13 Å². The number of nitrogens with two attached hydrogens (primary N) is 1. The van der Waals surface area contributed by atoms with Crippen molar-refractivity contribution in [1.82, 2.24) is 9.97 Å². The zero-order valence-electron chi connectivity index (χ0n) is 8.73. The largest absolute Gasteiger partial charge is 0.436 e. The molecule has 0 fully saturated rings. The van der Waals surface area contributed by atoms with Crippen molar-refractivity contribution in [1.29, 1.82) is 0 Å². The fourth-order valence-electron chi connectivity index (χ4n) is 1.24. The minimum Gasteiger partial charge on any atom is -0.436 e. The maximum Gasteiger partial charge on any atom is 0.242 e. The van der Waals surface area contributed by atoms with E-state index in [1.54, 1.807) is 0 Å². The van der Waals surface area contributed by atoms with Gasteiger partial charge < -0.3 is 10.5 Å². The molecule has 0 aliphatic rings. The standard InChI is InChI=1S/C11H9BrFN3O/c12-8-5-7(13)1-2-10(8)17-11-9(6-14)15-3-4-16-11/h1-5H,6,14H2. The Morgan fingerprint density at radius 3 is 2.76 bits per heavy atom. The molecule has 1 heterocycles. The molecule has 0 atom stereocenters. The molecule has 0 bridgehead atoms. The summed E-state index contributed by atoms with van der Waals surface area (Å²) in [5, 5.41) is 0. The summed E-state index contributed by atoms with van der Waals surface area (Å²) >= 11 is 3.21. The van der Waals surface area contributed by atoms with E-state index in [0.717, 1.165) is 0 Å². The van der Waals surface area contributed by atoms with Crippen molar-refractivity contribution in [2.75, 3.05) is 0 Å². The van der Waals surface area contributed by atoms with Crippen molar-refractivity contribution in [3.63, 3.8) is 0 Å². The Kier molecular flexibility index (Phi) is 3.65. The molecule has 0 saturated carbocycles. The Labute approximate surface area is 106 Å². The second-order valence-corrected chi connectivity index (χ2v) is 4.04. The molecule has 2 aromatic rings. The number of rotatable bonds is 3. The van der Waals surface area contributed by atoms with E-state index in [1.807, 2.05) is 0 Å². The first kappa shape index (κ1) is 11.9. The summed E-state index contributed by atoms with van der Waals surface area (Å²) in [5.74, 6) is 0.436. The molecule has 2 rings (SSSR count). The van der Waals surface area contributed by atoms with Crippen LogP contribution in [0.25, 0.3) is 0 Å². The van der Waals surface area contributed by atoms with Crippen LogP contribution < -0.4 is 10.5 Å². The maximum absolute atomic E-state index is 12.9. The second kappa shape index (κ2) is 5.20. The Morgan fingerprint density at radius 2 is 2.06 bits per heavy atom. The summed E-state index contributed by atoms with van der Waals surface area (Å²) in [6.07, 6.45) is 3.04. The highest BCUT2D eigenvalue weighted by Crippen LogP contribution is 2.30. The average Bonchev–Trinajstić information content (AvgIpc) is 2.33. The Hall–Kier alpha value is -1.53. The van der Waals surface area contributed by atoms with Crippen LogP contribution in [0.5, 0.6) is 11.6 Å². The molecule has 4 nitrogen and oxygen atoms in total. The number of nitrogens with zero attached hydrogens (tertiary/aromatic N) is 2. The van der Waals surface area contributed by atoms with Gasteiger partial charge in [0.05, 0.1) is 4.47 Å². The summed E-state index contributed by atoms with van der Waals surface area (Å²) in [5.41, 5.74) is 6.06. The van der Waals surface area contributed by atoms with Crippen LogP contribution >= 0.6 is 15.9 Å². The molecular weight excluding hydrogens is 289 g/mol. The lowest BCUT2D eigenvalue weighted by Crippen LogP contribution is -2.03. The van der Waals surface area contributed by atoms with Crippen molar-refractivity contribution in [3.05, 3.63) is 46.6 Å². The molecule has 88 valence electrons. The highest BCUT2D eigenvalue weighted by Gasteiger charge is 2.09. The number of aromatic nitrogens is 2. The van der Waals surface area contributed by atoms with Crippen molar-refractivity contribution in [2.45, 2.75) is 6.54 Å². The van der Waals surface area contributed by atoms with Gasteiger partial charge in [0.25, 0.3) is 0 Å². The molecule has 0 saturated heterocycles.